The Hall–Kier alpha value is -3.53. The van der Waals surface area contributed by atoms with Gasteiger partial charge in [0.15, 0.2) is 5.60 Å². The van der Waals surface area contributed by atoms with Gasteiger partial charge in [-0.05, 0) is 74.1 Å². The number of aliphatic hydroxyl groups excluding tert-OH is 1. The summed E-state index contributed by atoms with van der Waals surface area (Å²) in [6, 6.07) is 21.3. The molecule has 9 heteroatoms. The minimum absolute atomic E-state index is 0.171. The summed E-state index contributed by atoms with van der Waals surface area (Å²) >= 11 is 0. The van der Waals surface area contributed by atoms with E-state index in [0.717, 1.165) is 0 Å². The van der Waals surface area contributed by atoms with Gasteiger partial charge in [0.1, 0.15) is 5.75 Å². The maximum atomic E-state index is 15.8. The van der Waals surface area contributed by atoms with Crippen molar-refractivity contribution >= 4 is 37.3 Å². The molecule has 2 N–H and O–H groups in total. The Morgan fingerprint density at radius 3 is 2.44 bits per heavy atom. The Balaban J connectivity index is 1.60. The number of fused-ring (bicyclic) bond motifs is 2. The van der Waals surface area contributed by atoms with Crippen molar-refractivity contribution in [3.63, 3.8) is 0 Å². The SMILES string of the molecule is COc1ccc(C(=O)Nc2ccc3c(c2)[C@]2(O[C@@H](CCO)[C@H]([Si](C)(C)F)[C@H]2C)C(=O)N3c2ccccc2)cc1. The molecule has 7 nitrogen and oxygen atoms in total. The number of benzene rings is 3. The summed E-state index contributed by atoms with van der Waals surface area (Å²) in [5, 5.41) is 12.7. The quantitative estimate of drug-likeness (QED) is 0.289. The van der Waals surface area contributed by atoms with Crippen molar-refractivity contribution in [3.05, 3.63) is 83.9 Å². The highest BCUT2D eigenvalue weighted by Gasteiger charge is 2.66. The van der Waals surface area contributed by atoms with E-state index in [2.05, 4.69) is 5.32 Å². The van der Waals surface area contributed by atoms with Crippen LogP contribution >= 0.6 is 0 Å². The summed E-state index contributed by atoms with van der Waals surface area (Å²) in [4.78, 5) is 29.0. The Morgan fingerprint density at radius 2 is 1.82 bits per heavy atom. The lowest BCUT2D eigenvalue weighted by molar-refractivity contribution is -0.145. The summed E-state index contributed by atoms with van der Waals surface area (Å²) in [5.74, 6) is -0.458. The maximum absolute atomic E-state index is 15.8. The van der Waals surface area contributed by atoms with Gasteiger partial charge in [0, 0.05) is 40.6 Å². The molecule has 1 spiro atoms. The van der Waals surface area contributed by atoms with Crippen molar-refractivity contribution < 1.29 is 28.3 Å². The van der Waals surface area contributed by atoms with E-state index in [1.165, 1.54) is 0 Å². The van der Waals surface area contributed by atoms with Crippen molar-refractivity contribution in [1.29, 1.82) is 0 Å². The lowest BCUT2D eigenvalue weighted by Gasteiger charge is -2.31. The summed E-state index contributed by atoms with van der Waals surface area (Å²) in [7, 11) is -1.75. The Bertz CT molecular complexity index is 1380. The molecule has 0 saturated carbocycles. The second kappa shape index (κ2) is 10.2. The van der Waals surface area contributed by atoms with E-state index in [1.54, 1.807) is 67.6 Å². The third kappa shape index (κ3) is 4.54. The van der Waals surface area contributed by atoms with E-state index >= 15 is 4.11 Å². The molecule has 5 rings (SSSR count). The summed E-state index contributed by atoms with van der Waals surface area (Å²) in [6.45, 7) is 4.95. The number of para-hydroxylation sites is 1. The van der Waals surface area contributed by atoms with E-state index in [-0.39, 0.29) is 24.8 Å². The molecule has 0 unspecified atom stereocenters. The van der Waals surface area contributed by atoms with Gasteiger partial charge in [-0.25, -0.2) is 0 Å². The molecule has 0 aliphatic carbocycles. The summed E-state index contributed by atoms with van der Waals surface area (Å²) in [5.41, 5.74) is 0.868. The summed E-state index contributed by atoms with van der Waals surface area (Å²) in [6.07, 6.45) is -0.374. The van der Waals surface area contributed by atoms with Gasteiger partial charge < -0.3 is 24.0 Å². The number of aliphatic hydroxyl groups is 1. The second-order valence-electron chi connectivity index (χ2n) is 10.7. The molecule has 1 fully saturated rings. The number of carbonyl (C=O) groups excluding carboxylic acids is 2. The van der Waals surface area contributed by atoms with Gasteiger partial charge in [-0.1, -0.05) is 25.1 Å². The highest BCUT2D eigenvalue weighted by atomic mass is 28.4. The highest BCUT2D eigenvalue weighted by Crippen LogP contribution is 2.61. The first-order chi connectivity index (χ1) is 18.6. The normalized spacial score (nSPS) is 24.2. The molecule has 2 amide bonds. The number of ether oxygens (including phenoxy) is 2. The van der Waals surface area contributed by atoms with Gasteiger partial charge in [-0.3, -0.25) is 14.5 Å². The number of rotatable bonds is 7. The number of anilines is 3. The van der Waals surface area contributed by atoms with Gasteiger partial charge in [0.05, 0.1) is 18.9 Å². The maximum Gasteiger partial charge on any atom is 0.268 e. The second-order valence-corrected chi connectivity index (χ2v) is 14.5. The molecule has 39 heavy (non-hydrogen) atoms. The number of amides is 2. The molecular weight excluding hydrogens is 515 g/mol. The first kappa shape index (κ1) is 27.0. The average molecular weight is 549 g/mol. The number of nitrogens with zero attached hydrogens (tertiary/aromatic N) is 1. The molecule has 2 heterocycles. The van der Waals surface area contributed by atoms with E-state index in [4.69, 9.17) is 9.47 Å². The van der Waals surface area contributed by atoms with Crippen LogP contribution in [0.1, 0.15) is 29.3 Å². The van der Waals surface area contributed by atoms with Crippen molar-refractivity contribution in [1.82, 2.24) is 0 Å². The van der Waals surface area contributed by atoms with Crippen LogP contribution in [0.2, 0.25) is 18.6 Å². The average Bonchev–Trinajstić information content (AvgIpc) is 3.35. The molecular formula is C30H33FN2O5Si. The van der Waals surface area contributed by atoms with Crippen LogP contribution in [0.4, 0.5) is 21.2 Å². The topological polar surface area (TPSA) is 88.1 Å². The van der Waals surface area contributed by atoms with E-state index in [9.17, 15) is 14.7 Å². The first-order valence-corrected chi connectivity index (χ1v) is 16.0. The number of carbonyl (C=O) groups is 2. The Morgan fingerprint density at radius 1 is 1.13 bits per heavy atom. The van der Waals surface area contributed by atoms with Crippen molar-refractivity contribution in [2.45, 2.75) is 43.7 Å². The van der Waals surface area contributed by atoms with Crippen LogP contribution in [0.5, 0.6) is 5.75 Å². The molecule has 3 aromatic rings. The number of methoxy groups -OCH3 is 1. The Labute approximate surface area is 228 Å². The number of nitrogens with one attached hydrogen (secondary N) is 1. The minimum atomic E-state index is -3.31. The minimum Gasteiger partial charge on any atom is -0.497 e. The van der Waals surface area contributed by atoms with E-state index in [0.29, 0.717) is 33.9 Å². The zero-order chi connectivity index (χ0) is 27.9. The molecule has 2 aliphatic heterocycles. The van der Waals surface area contributed by atoms with E-state index in [1.807, 2.05) is 37.3 Å². The van der Waals surface area contributed by atoms with Crippen LogP contribution < -0.4 is 15.0 Å². The predicted octanol–water partition coefficient (Wildman–Crippen LogP) is 5.78. The standard InChI is InChI=1S/C30H33FN2O5Si/c1-19-27(39(3,4)31)26(16-17-34)38-30(19)24-18-21(32-28(35)20-10-13-23(37-2)14-11-20)12-15-25(24)33(29(30)36)22-8-6-5-7-9-22/h5-15,18-19,26-27,34H,16-17H2,1-4H3,(H,32,35)/t19-,26+,27-,30+/m1/s1. The fourth-order valence-electron chi connectivity index (χ4n) is 6.23. The third-order valence-electron chi connectivity index (χ3n) is 7.91. The van der Waals surface area contributed by atoms with Crippen molar-refractivity contribution in [2.24, 2.45) is 5.92 Å². The lowest BCUT2D eigenvalue weighted by atomic mass is 9.82. The fraction of sp³-hybridized carbons (Fsp3) is 0.333. The molecule has 4 atom stereocenters. The highest BCUT2D eigenvalue weighted by molar-refractivity contribution is 6.72. The fourth-order valence-corrected chi connectivity index (χ4v) is 8.77. The van der Waals surface area contributed by atoms with Crippen LogP contribution in [-0.4, -0.2) is 45.1 Å². The smallest absolute Gasteiger partial charge is 0.268 e. The molecule has 0 aromatic heterocycles. The number of hydrogen-bond donors (Lipinski definition) is 2. The van der Waals surface area contributed by atoms with Crippen LogP contribution in [0, 0.1) is 5.92 Å². The van der Waals surface area contributed by atoms with Gasteiger partial charge in [-0.15, -0.1) is 0 Å². The van der Waals surface area contributed by atoms with Gasteiger partial charge in [-0.2, -0.15) is 0 Å². The Kier molecular flexibility index (Phi) is 7.09. The lowest BCUT2D eigenvalue weighted by Crippen LogP contribution is -2.44. The molecule has 204 valence electrons. The predicted molar refractivity (Wildman–Crippen MR) is 151 cm³/mol. The van der Waals surface area contributed by atoms with Gasteiger partial charge >= 0.3 is 0 Å². The monoisotopic (exact) mass is 548 g/mol. The first-order valence-electron chi connectivity index (χ1n) is 13.1. The molecule has 1 saturated heterocycles. The largest absolute Gasteiger partial charge is 0.497 e. The van der Waals surface area contributed by atoms with Crippen LogP contribution in [0.15, 0.2) is 72.8 Å². The number of hydrogen-bond acceptors (Lipinski definition) is 5. The zero-order valence-corrected chi connectivity index (χ0v) is 23.5. The zero-order valence-electron chi connectivity index (χ0n) is 22.5. The molecule has 0 bridgehead atoms. The number of halogens is 1. The van der Waals surface area contributed by atoms with Crippen LogP contribution in [0.25, 0.3) is 0 Å². The van der Waals surface area contributed by atoms with Crippen LogP contribution in [0.3, 0.4) is 0 Å². The van der Waals surface area contributed by atoms with E-state index < -0.39 is 31.6 Å². The molecule has 3 aromatic carbocycles. The van der Waals surface area contributed by atoms with Gasteiger partial charge in [0.2, 0.25) is 8.41 Å². The van der Waals surface area contributed by atoms with Crippen LogP contribution in [-0.2, 0) is 15.1 Å². The van der Waals surface area contributed by atoms with Crippen molar-refractivity contribution in [3.8, 4) is 5.75 Å². The van der Waals surface area contributed by atoms with Gasteiger partial charge in [0.25, 0.3) is 11.8 Å². The third-order valence-corrected chi connectivity index (χ3v) is 10.4. The van der Waals surface area contributed by atoms with Crippen molar-refractivity contribution in [2.75, 3.05) is 23.9 Å². The molecule has 0 radical (unpaired) electrons. The molecule has 2 aliphatic rings. The summed E-state index contributed by atoms with van der Waals surface area (Å²) < 4.78 is 27.5.